The van der Waals surface area contributed by atoms with Gasteiger partial charge in [0.1, 0.15) is 11.6 Å². The van der Waals surface area contributed by atoms with Crippen molar-refractivity contribution in [1.82, 2.24) is 29.6 Å². The number of nitrogens with one attached hydrogen (secondary N) is 2. The van der Waals surface area contributed by atoms with Gasteiger partial charge in [0.05, 0.1) is 12.2 Å². The molecule has 2 N–H and O–H groups in total. The highest BCUT2D eigenvalue weighted by Gasteiger charge is 2.16. The molecule has 3 rings (SSSR count). The van der Waals surface area contributed by atoms with Crippen LogP contribution in [-0.4, -0.2) is 50.3 Å². The summed E-state index contributed by atoms with van der Waals surface area (Å²) >= 11 is 0. The second-order valence-electron chi connectivity index (χ2n) is 6.68. The summed E-state index contributed by atoms with van der Waals surface area (Å²) in [6.45, 7) is 2.67. The quantitative estimate of drug-likeness (QED) is 0.662. The highest BCUT2D eigenvalue weighted by molar-refractivity contribution is 5.55. The van der Waals surface area contributed by atoms with Crippen molar-refractivity contribution in [3.05, 3.63) is 58.4 Å². The van der Waals surface area contributed by atoms with Crippen molar-refractivity contribution in [2.75, 3.05) is 26.0 Å². The Hall–Kier alpha value is -3.00. The third-order valence-corrected chi connectivity index (χ3v) is 4.40. The Morgan fingerprint density at radius 2 is 2.11 bits per heavy atom. The number of H-pyrrole nitrogens is 1. The molecule has 142 valence electrons. The van der Waals surface area contributed by atoms with Gasteiger partial charge in [-0.3, -0.25) is 9.48 Å². The number of pyridine rings is 1. The normalized spacial score (nSPS) is 12.3. The molecule has 3 aromatic rings. The van der Waals surface area contributed by atoms with Crippen LogP contribution < -0.4 is 10.9 Å². The summed E-state index contributed by atoms with van der Waals surface area (Å²) in [6, 6.07) is 5.50. The van der Waals surface area contributed by atoms with Gasteiger partial charge in [-0.25, -0.2) is 9.97 Å². The Labute approximate surface area is 158 Å². The van der Waals surface area contributed by atoms with E-state index >= 15 is 0 Å². The van der Waals surface area contributed by atoms with Gasteiger partial charge in [0.25, 0.3) is 5.56 Å². The maximum absolute atomic E-state index is 11.7. The Morgan fingerprint density at radius 1 is 1.30 bits per heavy atom. The minimum absolute atomic E-state index is 0.149. The Balaban J connectivity index is 1.72. The molecule has 0 aromatic carbocycles. The molecule has 0 radical (unpaired) electrons. The summed E-state index contributed by atoms with van der Waals surface area (Å²) < 4.78 is 1.80. The standard InChI is InChI=1S/C19H25N7O/c1-5-15-8-18(27)24-19(23-15)13-6-7-17(20-9-13)21-11-16(25(2)3)14-10-22-26(4)12-14/h6-10,12,16H,5,11H2,1-4H3,(H,20,21)(H,23,24,27). The zero-order valence-electron chi connectivity index (χ0n) is 16.1. The molecule has 1 atom stereocenters. The molecule has 3 heterocycles. The smallest absolute Gasteiger partial charge is 0.251 e. The first-order valence-electron chi connectivity index (χ1n) is 8.91. The number of anilines is 1. The number of rotatable bonds is 7. The van der Waals surface area contributed by atoms with Crippen molar-refractivity contribution in [2.45, 2.75) is 19.4 Å². The van der Waals surface area contributed by atoms with Gasteiger partial charge in [-0.15, -0.1) is 0 Å². The van der Waals surface area contributed by atoms with Crippen molar-refractivity contribution in [3.8, 4) is 11.4 Å². The van der Waals surface area contributed by atoms with E-state index in [-0.39, 0.29) is 11.6 Å². The lowest BCUT2D eigenvalue weighted by atomic mass is 10.1. The molecule has 3 aromatic heterocycles. The number of nitrogens with zero attached hydrogens (tertiary/aromatic N) is 5. The van der Waals surface area contributed by atoms with Crippen LogP contribution in [-0.2, 0) is 13.5 Å². The van der Waals surface area contributed by atoms with E-state index in [9.17, 15) is 4.79 Å². The third kappa shape index (κ3) is 4.59. The Morgan fingerprint density at radius 3 is 2.70 bits per heavy atom. The molecule has 0 aliphatic heterocycles. The fourth-order valence-corrected chi connectivity index (χ4v) is 2.88. The largest absolute Gasteiger partial charge is 0.368 e. The van der Waals surface area contributed by atoms with Gasteiger partial charge in [-0.1, -0.05) is 6.92 Å². The summed E-state index contributed by atoms with van der Waals surface area (Å²) in [6.07, 6.45) is 6.33. The molecular weight excluding hydrogens is 342 g/mol. The number of aromatic amines is 1. The molecule has 0 aliphatic carbocycles. The first kappa shape index (κ1) is 18.8. The number of aryl methyl sites for hydroxylation is 2. The van der Waals surface area contributed by atoms with Crippen LogP contribution in [0.15, 0.2) is 41.6 Å². The summed E-state index contributed by atoms with van der Waals surface area (Å²) in [5.74, 6) is 1.31. The topological polar surface area (TPSA) is 91.7 Å². The summed E-state index contributed by atoms with van der Waals surface area (Å²) in [4.78, 5) is 25.6. The van der Waals surface area contributed by atoms with Crippen LogP contribution in [0.4, 0.5) is 5.82 Å². The van der Waals surface area contributed by atoms with Crippen molar-refractivity contribution < 1.29 is 0 Å². The first-order chi connectivity index (χ1) is 13.0. The molecule has 0 bridgehead atoms. The van der Waals surface area contributed by atoms with E-state index in [2.05, 4.69) is 30.3 Å². The summed E-state index contributed by atoms with van der Waals surface area (Å²) in [7, 11) is 5.99. The molecule has 0 fully saturated rings. The number of aromatic nitrogens is 5. The molecule has 0 spiro atoms. The van der Waals surface area contributed by atoms with Crippen molar-refractivity contribution in [3.63, 3.8) is 0 Å². The first-order valence-corrected chi connectivity index (χ1v) is 8.91. The fraction of sp³-hybridized carbons (Fsp3) is 0.368. The Bertz CT molecular complexity index is 943. The lowest BCUT2D eigenvalue weighted by molar-refractivity contribution is 0.311. The predicted octanol–water partition coefficient (Wildman–Crippen LogP) is 1.84. The van der Waals surface area contributed by atoms with Crippen molar-refractivity contribution in [2.24, 2.45) is 7.05 Å². The zero-order valence-corrected chi connectivity index (χ0v) is 16.1. The number of hydrogen-bond acceptors (Lipinski definition) is 6. The number of hydrogen-bond donors (Lipinski definition) is 2. The maximum Gasteiger partial charge on any atom is 0.251 e. The monoisotopic (exact) mass is 367 g/mol. The van der Waals surface area contributed by atoms with E-state index in [0.717, 1.165) is 22.6 Å². The minimum atomic E-state index is -0.149. The second kappa shape index (κ2) is 8.13. The van der Waals surface area contributed by atoms with E-state index in [1.165, 1.54) is 6.07 Å². The van der Waals surface area contributed by atoms with Gasteiger partial charge in [0.15, 0.2) is 0 Å². The SMILES string of the molecule is CCc1cc(=O)[nH]c(-c2ccc(NCC(c3cnn(C)c3)N(C)C)nc2)n1. The maximum atomic E-state index is 11.7. The van der Waals surface area contributed by atoms with E-state index in [4.69, 9.17) is 0 Å². The lowest BCUT2D eigenvalue weighted by Crippen LogP contribution is -2.26. The minimum Gasteiger partial charge on any atom is -0.368 e. The highest BCUT2D eigenvalue weighted by Crippen LogP contribution is 2.19. The van der Waals surface area contributed by atoms with Crippen molar-refractivity contribution in [1.29, 1.82) is 0 Å². The third-order valence-electron chi connectivity index (χ3n) is 4.40. The average molecular weight is 367 g/mol. The molecule has 0 aliphatic rings. The Kier molecular flexibility index (Phi) is 5.66. The van der Waals surface area contributed by atoms with Gasteiger partial charge in [0, 0.05) is 48.9 Å². The van der Waals surface area contributed by atoms with Crippen LogP contribution in [0, 0.1) is 0 Å². The van der Waals surface area contributed by atoms with E-state index in [1.54, 1.807) is 10.9 Å². The average Bonchev–Trinajstić information content (AvgIpc) is 3.07. The lowest BCUT2D eigenvalue weighted by Gasteiger charge is -2.23. The van der Waals surface area contributed by atoms with Crippen molar-refractivity contribution >= 4 is 5.82 Å². The predicted molar refractivity (Wildman–Crippen MR) is 106 cm³/mol. The van der Waals surface area contributed by atoms with E-state index in [0.29, 0.717) is 18.8 Å². The molecule has 27 heavy (non-hydrogen) atoms. The van der Waals surface area contributed by atoms with Gasteiger partial charge in [-0.2, -0.15) is 5.10 Å². The summed E-state index contributed by atoms with van der Waals surface area (Å²) in [5, 5.41) is 7.62. The van der Waals surface area contributed by atoms with E-state index in [1.807, 2.05) is 52.6 Å². The van der Waals surface area contributed by atoms with Crippen LogP contribution in [0.5, 0.6) is 0 Å². The molecule has 1 unspecified atom stereocenters. The van der Waals surface area contributed by atoms with Crippen LogP contribution >= 0.6 is 0 Å². The van der Waals surface area contributed by atoms with Crippen LogP contribution in [0.1, 0.15) is 24.2 Å². The van der Waals surface area contributed by atoms with Gasteiger partial charge < -0.3 is 15.2 Å². The highest BCUT2D eigenvalue weighted by atomic mass is 16.1. The van der Waals surface area contributed by atoms with Gasteiger partial charge >= 0.3 is 0 Å². The van der Waals surface area contributed by atoms with Gasteiger partial charge in [0.2, 0.25) is 0 Å². The number of likely N-dealkylation sites (N-methyl/N-ethyl adjacent to an activating group) is 1. The molecule has 0 saturated carbocycles. The van der Waals surface area contributed by atoms with Crippen LogP contribution in [0.25, 0.3) is 11.4 Å². The summed E-state index contributed by atoms with van der Waals surface area (Å²) in [5.41, 5.74) is 2.54. The van der Waals surface area contributed by atoms with Gasteiger partial charge in [-0.05, 0) is 32.6 Å². The molecule has 0 saturated heterocycles. The zero-order chi connectivity index (χ0) is 19.4. The fourth-order valence-electron chi connectivity index (χ4n) is 2.88. The molecular formula is C19H25N7O. The van der Waals surface area contributed by atoms with Crippen LogP contribution in [0.3, 0.4) is 0 Å². The second-order valence-corrected chi connectivity index (χ2v) is 6.68. The molecule has 0 amide bonds. The molecule has 8 heteroatoms. The van der Waals surface area contributed by atoms with E-state index < -0.39 is 0 Å². The van der Waals surface area contributed by atoms with Crippen LogP contribution in [0.2, 0.25) is 0 Å². The molecule has 8 nitrogen and oxygen atoms in total.